The maximum Gasteiger partial charge on any atom is 0.176 e. The third kappa shape index (κ3) is 4.14. The Morgan fingerprint density at radius 2 is 2.14 bits per heavy atom. The lowest BCUT2D eigenvalue weighted by Gasteiger charge is -2.13. The minimum atomic E-state index is 0.0989. The minimum absolute atomic E-state index is 0.0989. The maximum atomic E-state index is 12.4. The van der Waals surface area contributed by atoms with Gasteiger partial charge < -0.3 is 9.15 Å². The fourth-order valence-electron chi connectivity index (χ4n) is 2.21. The van der Waals surface area contributed by atoms with Gasteiger partial charge in [-0.3, -0.25) is 4.79 Å². The van der Waals surface area contributed by atoms with E-state index in [1.165, 1.54) is 0 Å². The number of hydrogen-bond acceptors (Lipinski definition) is 4. The second kappa shape index (κ2) is 7.36. The van der Waals surface area contributed by atoms with Crippen molar-refractivity contribution >= 4 is 17.5 Å². The summed E-state index contributed by atoms with van der Waals surface area (Å²) in [4.78, 5) is 12.4. The van der Waals surface area contributed by atoms with Gasteiger partial charge >= 0.3 is 0 Å². The molecule has 1 aromatic heterocycles. The summed E-state index contributed by atoms with van der Waals surface area (Å²) >= 11 is 1.55. The summed E-state index contributed by atoms with van der Waals surface area (Å²) in [7, 11) is 0. The zero-order chi connectivity index (χ0) is 15.2. The Morgan fingerprint density at radius 3 is 2.81 bits per heavy atom. The number of carbonyl (C=O) groups is 1. The average Bonchev–Trinajstić information content (AvgIpc) is 2.94. The number of ketones is 1. The third-order valence-electron chi connectivity index (χ3n) is 3.07. The zero-order valence-electron chi connectivity index (χ0n) is 12.6. The van der Waals surface area contributed by atoms with Crippen LogP contribution in [0.25, 0.3) is 0 Å². The number of carbonyl (C=O) groups excluding carboxylic acids is 1. The lowest BCUT2D eigenvalue weighted by molar-refractivity contribution is 0.101. The standard InChI is InChI=1S/C17H20O3S/c1-4-19-17-13(3)8-12(2)9-15(17)16(18)11-21-10-14-6-5-7-20-14/h5-9H,4,10-11H2,1-3H3. The molecule has 0 radical (unpaired) electrons. The molecule has 0 saturated heterocycles. The van der Waals surface area contributed by atoms with Crippen molar-refractivity contribution < 1.29 is 13.9 Å². The predicted molar refractivity (Wildman–Crippen MR) is 86.3 cm³/mol. The molecule has 3 nitrogen and oxygen atoms in total. The van der Waals surface area contributed by atoms with Gasteiger partial charge in [-0.05, 0) is 50.1 Å². The van der Waals surface area contributed by atoms with Gasteiger partial charge in [0.2, 0.25) is 0 Å². The van der Waals surface area contributed by atoms with Crippen molar-refractivity contribution in [3.8, 4) is 5.75 Å². The van der Waals surface area contributed by atoms with Gasteiger partial charge in [0.25, 0.3) is 0 Å². The molecule has 0 fully saturated rings. The molecule has 1 aromatic carbocycles. The van der Waals surface area contributed by atoms with Crippen LogP contribution in [-0.2, 0) is 5.75 Å². The SMILES string of the molecule is CCOc1c(C)cc(C)cc1C(=O)CSCc1ccco1. The number of furan rings is 1. The monoisotopic (exact) mass is 304 g/mol. The molecule has 0 bridgehead atoms. The van der Waals surface area contributed by atoms with Crippen LogP contribution in [0.5, 0.6) is 5.75 Å². The molecule has 0 aliphatic heterocycles. The summed E-state index contributed by atoms with van der Waals surface area (Å²) in [6.45, 7) is 6.46. The van der Waals surface area contributed by atoms with E-state index in [2.05, 4.69) is 0 Å². The highest BCUT2D eigenvalue weighted by Gasteiger charge is 2.15. The Kier molecular flexibility index (Phi) is 5.51. The molecule has 0 N–H and O–H groups in total. The summed E-state index contributed by atoms with van der Waals surface area (Å²) in [5, 5.41) is 0. The van der Waals surface area contributed by atoms with E-state index in [9.17, 15) is 4.79 Å². The summed E-state index contributed by atoms with van der Waals surface area (Å²) in [5.74, 6) is 2.82. The average molecular weight is 304 g/mol. The van der Waals surface area contributed by atoms with E-state index in [-0.39, 0.29) is 5.78 Å². The summed E-state index contributed by atoms with van der Waals surface area (Å²) in [6.07, 6.45) is 1.65. The van der Waals surface area contributed by atoms with E-state index in [1.807, 2.05) is 45.0 Å². The number of rotatable bonds is 7. The van der Waals surface area contributed by atoms with Crippen LogP contribution in [0.4, 0.5) is 0 Å². The predicted octanol–water partition coefficient (Wildman–Crippen LogP) is 4.41. The fourth-order valence-corrected chi connectivity index (χ4v) is 3.02. The number of ether oxygens (including phenoxy) is 1. The van der Waals surface area contributed by atoms with E-state index in [4.69, 9.17) is 9.15 Å². The molecular weight excluding hydrogens is 284 g/mol. The molecule has 0 spiro atoms. The van der Waals surface area contributed by atoms with Crippen molar-refractivity contribution in [2.45, 2.75) is 26.5 Å². The van der Waals surface area contributed by atoms with Crippen molar-refractivity contribution in [2.24, 2.45) is 0 Å². The molecule has 0 saturated carbocycles. The van der Waals surface area contributed by atoms with Crippen LogP contribution in [0, 0.1) is 13.8 Å². The Balaban J connectivity index is 2.07. The quantitative estimate of drug-likeness (QED) is 0.710. The van der Waals surface area contributed by atoms with Crippen LogP contribution in [0.2, 0.25) is 0 Å². The fraction of sp³-hybridized carbons (Fsp3) is 0.353. The normalized spacial score (nSPS) is 10.6. The molecule has 0 atom stereocenters. The van der Waals surface area contributed by atoms with Crippen LogP contribution in [0.1, 0.15) is 34.2 Å². The van der Waals surface area contributed by atoms with Gasteiger partial charge in [-0.2, -0.15) is 0 Å². The molecule has 0 amide bonds. The summed E-state index contributed by atoms with van der Waals surface area (Å²) < 4.78 is 10.9. The first-order valence-corrected chi connectivity index (χ1v) is 8.14. The molecule has 1 heterocycles. The van der Waals surface area contributed by atoms with Gasteiger partial charge in [-0.15, -0.1) is 11.8 Å². The highest BCUT2D eigenvalue weighted by Crippen LogP contribution is 2.27. The molecule has 112 valence electrons. The van der Waals surface area contributed by atoms with Crippen LogP contribution in [-0.4, -0.2) is 18.1 Å². The lowest BCUT2D eigenvalue weighted by Crippen LogP contribution is -2.08. The molecule has 21 heavy (non-hydrogen) atoms. The molecule has 0 aliphatic carbocycles. The van der Waals surface area contributed by atoms with Crippen LogP contribution in [0.15, 0.2) is 34.9 Å². The van der Waals surface area contributed by atoms with Gasteiger partial charge in [0.05, 0.1) is 29.9 Å². The molecule has 4 heteroatoms. The molecular formula is C17H20O3S. The molecule has 0 aliphatic rings. The molecule has 0 unspecified atom stereocenters. The highest BCUT2D eigenvalue weighted by atomic mass is 32.2. The van der Waals surface area contributed by atoms with E-state index in [0.29, 0.717) is 29.4 Å². The second-order valence-electron chi connectivity index (χ2n) is 4.89. The van der Waals surface area contributed by atoms with E-state index >= 15 is 0 Å². The Labute approximate surface area is 129 Å². The first kappa shape index (κ1) is 15.7. The number of benzene rings is 1. The van der Waals surface area contributed by atoms with Crippen molar-refractivity contribution in [1.82, 2.24) is 0 Å². The van der Waals surface area contributed by atoms with Crippen LogP contribution in [0.3, 0.4) is 0 Å². The largest absolute Gasteiger partial charge is 0.493 e. The van der Waals surface area contributed by atoms with Gasteiger partial charge in [0, 0.05) is 0 Å². The third-order valence-corrected chi connectivity index (χ3v) is 4.02. The van der Waals surface area contributed by atoms with Crippen molar-refractivity contribution in [2.75, 3.05) is 12.4 Å². The molecule has 2 rings (SSSR count). The van der Waals surface area contributed by atoms with E-state index in [0.717, 1.165) is 16.9 Å². The lowest BCUT2D eigenvalue weighted by atomic mass is 10.0. The maximum absolute atomic E-state index is 12.4. The topological polar surface area (TPSA) is 39.4 Å². The Bertz CT molecular complexity index is 603. The van der Waals surface area contributed by atoms with Gasteiger partial charge in [-0.1, -0.05) is 6.07 Å². The van der Waals surface area contributed by atoms with Crippen molar-refractivity contribution in [1.29, 1.82) is 0 Å². The summed E-state index contributed by atoms with van der Waals surface area (Å²) in [5.41, 5.74) is 2.77. The minimum Gasteiger partial charge on any atom is -0.493 e. The number of hydrogen-bond donors (Lipinski definition) is 0. The van der Waals surface area contributed by atoms with Gasteiger partial charge in [0.1, 0.15) is 11.5 Å². The zero-order valence-corrected chi connectivity index (χ0v) is 13.5. The van der Waals surface area contributed by atoms with Crippen molar-refractivity contribution in [3.05, 3.63) is 53.0 Å². The first-order chi connectivity index (χ1) is 10.1. The van der Waals surface area contributed by atoms with Crippen LogP contribution < -0.4 is 4.74 Å². The Morgan fingerprint density at radius 1 is 1.33 bits per heavy atom. The summed E-state index contributed by atoms with van der Waals surface area (Å²) in [6, 6.07) is 7.72. The van der Waals surface area contributed by atoms with Gasteiger partial charge in [0.15, 0.2) is 5.78 Å². The first-order valence-electron chi connectivity index (χ1n) is 6.99. The second-order valence-corrected chi connectivity index (χ2v) is 5.87. The number of aryl methyl sites for hydroxylation is 2. The van der Waals surface area contributed by atoms with E-state index < -0.39 is 0 Å². The smallest absolute Gasteiger partial charge is 0.176 e. The van der Waals surface area contributed by atoms with Gasteiger partial charge in [-0.25, -0.2) is 0 Å². The highest BCUT2D eigenvalue weighted by molar-refractivity contribution is 7.99. The number of Topliss-reactive ketones (excluding diaryl/α,β-unsaturated/α-hetero) is 1. The Hall–Kier alpha value is -1.68. The molecule has 2 aromatic rings. The van der Waals surface area contributed by atoms with E-state index in [1.54, 1.807) is 18.0 Å². The van der Waals surface area contributed by atoms with Crippen LogP contribution >= 0.6 is 11.8 Å². The van der Waals surface area contributed by atoms with Crippen molar-refractivity contribution in [3.63, 3.8) is 0 Å². The number of thioether (sulfide) groups is 1.